The van der Waals surface area contributed by atoms with Crippen molar-refractivity contribution in [2.24, 2.45) is 0 Å². The Bertz CT molecular complexity index is 863. The third-order valence-electron chi connectivity index (χ3n) is 3.52. The molecule has 0 atom stereocenters. The minimum atomic E-state index is -0.245. The largest absolute Gasteiger partial charge is 0.497 e. The van der Waals surface area contributed by atoms with Crippen LogP contribution in [-0.4, -0.2) is 24.6 Å². The van der Waals surface area contributed by atoms with Crippen molar-refractivity contribution in [2.75, 3.05) is 19.0 Å². The first-order valence-electron chi connectivity index (χ1n) is 7.88. The fraction of sp³-hybridized carbons (Fsp3) is 0.158. The van der Waals surface area contributed by atoms with Crippen LogP contribution in [0.4, 0.5) is 5.13 Å². The van der Waals surface area contributed by atoms with Gasteiger partial charge in [0, 0.05) is 22.0 Å². The van der Waals surface area contributed by atoms with Crippen LogP contribution in [0.25, 0.3) is 0 Å². The highest BCUT2D eigenvalue weighted by Gasteiger charge is 2.08. The van der Waals surface area contributed by atoms with E-state index in [-0.39, 0.29) is 12.5 Å². The Balaban J connectivity index is 1.49. The molecule has 0 aliphatic rings. The summed E-state index contributed by atoms with van der Waals surface area (Å²) in [7, 11) is 1.60. The average molecular weight is 433 g/mol. The van der Waals surface area contributed by atoms with E-state index in [2.05, 4.69) is 38.4 Å². The maximum atomic E-state index is 12.0. The highest BCUT2D eigenvalue weighted by molar-refractivity contribution is 9.10. The minimum Gasteiger partial charge on any atom is -0.497 e. The van der Waals surface area contributed by atoms with E-state index in [0.29, 0.717) is 10.9 Å². The zero-order chi connectivity index (χ0) is 18.4. The Hall–Kier alpha value is -2.38. The van der Waals surface area contributed by atoms with Gasteiger partial charge < -0.3 is 9.47 Å². The van der Waals surface area contributed by atoms with Gasteiger partial charge in [0.25, 0.3) is 5.91 Å². The molecule has 0 unspecified atom stereocenters. The molecule has 26 heavy (non-hydrogen) atoms. The monoisotopic (exact) mass is 432 g/mol. The Morgan fingerprint density at radius 3 is 2.50 bits per heavy atom. The Labute approximate surface area is 164 Å². The predicted molar refractivity (Wildman–Crippen MR) is 106 cm³/mol. The van der Waals surface area contributed by atoms with E-state index in [1.165, 1.54) is 16.9 Å². The summed E-state index contributed by atoms with van der Waals surface area (Å²) in [5, 5.41) is 3.33. The molecule has 3 aromatic rings. The van der Waals surface area contributed by atoms with Crippen molar-refractivity contribution in [3.05, 3.63) is 69.6 Å². The summed E-state index contributed by atoms with van der Waals surface area (Å²) in [6.45, 7) is -0.0754. The van der Waals surface area contributed by atoms with Crippen LogP contribution in [0.5, 0.6) is 11.5 Å². The molecule has 1 N–H and O–H groups in total. The second-order valence-electron chi connectivity index (χ2n) is 5.45. The first-order chi connectivity index (χ1) is 12.6. The molecule has 0 fully saturated rings. The topological polar surface area (TPSA) is 60.5 Å². The van der Waals surface area contributed by atoms with Gasteiger partial charge in [0.2, 0.25) is 0 Å². The molecule has 0 radical (unpaired) electrons. The van der Waals surface area contributed by atoms with E-state index in [1.54, 1.807) is 37.6 Å². The number of carbonyl (C=O) groups is 1. The van der Waals surface area contributed by atoms with Gasteiger partial charge in [0.1, 0.15) is 11.5 Å². The average Bonchev–Trinajstić information content (AvgIpc) is 3.09. The van der Waals surface area contributed by atoms with Gasteiger partial charge in [-0.25, -0.2) is 4.98 Å². The lowest BCUT2D eigenvalue weighted by Gasteiger charge is -2.06. The van der Waals surface area contributed by atoms with E-state index in [9.17, 15) is 4.79 Å². The van der Waals surface area contributed by atoms with E-state index in [4.69, 9.17) is 9.47 Å². The van der Waals surface area contributed by atoms with E-state index >= 15 is 0 Å². The summed E-state index contributed by atoms with van der Waals surface area (Å²) in [4.78, 5) is 17.3. The van der Waals surface area contributed by atoms with Crippen molar-refractivity contribution in [3.8, 4) is 11.5 Å². The number of hydrogen-bond acceptors (Lipinski definition) is 5. The van der Waals surface area contributed by atoms with Crippen molar-refractivity contribution < 1.29 is 14.3 Å². The van der Waals surface area contributed by atoms with E-state index in [1.807, 2.05) is 12.1 Å². The number of nitrogens with zero attached hydrogens (tertiary/aromatic N) is 1. The van der Waals surface area contributed by atoms with Crippen molar-refractivity contribution in [1.82, 2.24) is 4.98 Å². The van der Waals surface area contributed by atoms with Crippen LogP contribution < -0.4 is 14.8 Å². The molecule has 1 heterocycles. The number of benzene rings is 2. The van der Waals surface area contributed by atoms with Crippen LogP contribution in [0.15, 0.2) is 59.2 Å². The Kier molecular flexibility index (Phi) is 6.25. The van der Waals surface area contributed by atoms with Crippen LogP contribution >= 0.6 is 27.3 Å². The first-order valence-corrected chi connectivity index (χ1v) is 9.49. The van der Waals surface area contributed by atoms with Gasteiger partial charge in [-0.15, -0.1) is 11.3 Å². The Morgan fingerprint density at radius 2 is 1.81 bits per heavy atom. The van der Waals surface area contributed by atoms with Crippen molar-refractivity contribution in [3.63, 3.8) is 0 Å². The summed E-state index contributed by atoms with van der Waals surface area (Å²) in [5.41, 5.74) is 1.19. The first kappa shape index (κ1) is 18.4. The molecule has 0 aliphatic carbocycles. The number of aromatic nitrogens is 1. The fourth-order valence-corrected chi connectivity index (χ4v) is 3.35. The third kappa shape index (κ3) is 5.31. The van der Waals surface area contributed by atoms with Crippen LogP contribution in [0.3, 0.4) is 0 Å². The van der Waals surface area contributed by atoms with Gasteiger partial charge in [-0.2, -0.15) is 0 Å². The third-order valence-corrected chi connectivity index (χ3v) is 4.96. The molecule has 1 aromatic heterocycles. The number of halogens is 1. The molecule has 0 bridgehead atoms. The van der Waals surface area contributed by atoms with Gasteiger partial charge in [0.05, 0.1) is 7.11 Å². The number of anilines is 1. The molecule has 0 spiro atoms. The van der Waals surface area contributed by atoms with Gasteiger partial charge in [-0.05, 0) is 42.0 Å². The molecule has 7 heteroatoms. The highest BCUT2D eigenvalue weighted by atomic mass is 79.9. The zero-order valence-electron chi connectivity index (χ0n) is 14.1. The van der Waals surface area contributed by atoms with Crippen LogP contribution in [0, 0.1) is 0 Å². The molecule has 1 amide bonds. The normalized spacial score (nSPS) is 10.4. The van der Waals surface area contributed by atoms with Crippen molar-refractivity contribution in [2.45, 2.75) is 6.42 Å². The number of methoxy groups -OCH3 is 1. The molecule has 3 rings (SSSR count). The number of hydrogen-bond donors (Lipinski definition) is 1. The Morgan fingerprint density at radius 1 is 1.12 bits per heavy atom. The second-order valence-corrected chi connectivity index (χ2v) is 7.48. The molecular weight excluding hydrogens is 416 g/mol. The minimum absolute atomic E-state index is 0.0754. The number of amides is 1. The lowest BCUT2D eigenvalue weighted by Crippen LogP contribution is -2.19. The number of carbonyl (C=O) groups excluding carboxylic acids is 1. The number of thiazole rings is 1. The number of ether oxygens (including phenoxy) is 2. The van der Waals surface area contributed by atoms with Crippen molar-refractivity contribution in [1.29, 1.82) is 0 Å². The van der Waals surface area contributed by atoms with Gasteiger partial charge in [-0.3, -0.25) is 10.1 Å². The summed E-state index contributed by atoms with van der Waals surface area (Å²) in [5.74, 6) is 1.10. The van der Waals surface area contributed by atoms with Crippen LogP contribution in [0.2, 0.25) is 0 Å². The molecule has 5 nitrogen and oxygen atoms in total. The lowest BCUT2D eigenvalue weighted by molar-refractivity contribution is -0.118. The van der Waals surface area contributed by atoms with Gasteiger partial charge >= 0.3 is 0 Å². The van der Waals surface area contributed by atoms with Crippen molar-refractivity contribution >= 4 is 38.3 Å². The number of nitrogens with one attached hydrogen (secondary N) is 1. The van der Waals surface area contributed by atoms with Gasteiger partial charge in [-0.1, -0.05) is 28.1 Å². The molecule has 0 saturated heterocycles. The molecular formula is C19H17BrN2O3S. The standard InChI is InChI=1S/C19H17BrN2O3S/c1-24-15-6-8-16(9-7-15)25-12-18(23)22-19-21-11-17(26-19)10-13-2-4-14(20)5-3-13/h2-9,11H,10,12H2,1H3,(H,21,22,23). The molecule has 2 aromatic carbocycles. The summed E-state index contributed by atoms with van der Waals surface area (Å²) < 4.78 is 11.6. The van der Waals surface area contributed by atoms with E-state index < -0.39 is 0 Å². The SMILES string of the molecule is COc1ccc(OCC(=O)Nc2ncc(Cc3ccc(Br)cc3)s2)cc1. The smallest absolute Gasteiger partial charge is 0.264 e. The summed E-state index contributed by atoms with van der Waals surface area (Å²) in [6, 6.07) is 15.2. The fourth-order valence-electron chi connectivity index (χ4n) is 2.23. The molecule has 0 aliphatic heterocycles. The highest BCUT2D eigenvalue weighted by Crippen LogP contribution is 2.22. The maximum Gasteiger partial charge on any atom is 0.264 e. The number of rotatable bonds is 7. The zero-order valence-corrected chi connectivity index (χ0v) is 16.5. The van der Waals surface area contributed by atoms with Crippen LogP contribution in [-0.2, 0) is 11.2 Å². The lowest BCUT2D eigenvalue weighted by atomic mass is 10.1. The van der Waals surface area contributed by atoms with E-state index in [0.717, 1.165) is 21.5 Å². The predicted octanol–water partition coefficient (Wildman–Crippen LogP) is 4.52. The quantitative estimate of drug-likeness (QED) is 0.595. The maximum absolute atomic E-state index is 12.0. The second kappa shape index (κ2) is 8.82. The van der Waals surface area contributed by atoms with Crippen LogP contribution in [0.1, 0.15) is 10.4 Å². The molecule has 0 saturated carbocycles. The summed E-state index contributed by atoms with van der Waals surface area (Å²) in [6.07, 6.45) is 2.57. The van der Waals surface area contributed by atoms with Gasteiger partial charge in [0.15, 0.2) is 11.7 Å². The molecule has 134 valence electrons. The summed E-state index contributed by atoms with van der Waals surface area (Å²) >= 11 is 4.89.